The van der Waals surface area contributed by atoms with Gasteiger partial charge in [0.05, 0.1) is 6.42 Å². The van der Waals surface area contributed by atoms with E-state index in [4.69, 9.17) is 20.8 Å². The maximum atomic E-state index is 11.8. The Balaban J connectivity index is 1.52. The van der Waals surface area contributed by atoms with E-state index in [2.05, 4.69) is 10.2 Å². The summed E-state index contributed by atoms with van der Waals surface area (Å²) in [6, 6.07) is 6.95. The third kappa shape index (κ3) is 4.34. The minimum absolute atomic E-state index is 0.0881. The zero-order valence-corrected chi connectivity index (χ0v) is 14.8. The molecule has 0 aliphatic heterocycles. The number of nitrogens with zero attached hydrogens (tertiary/aromatic N) is 3. The SMILES string of the molecule is Cc1csc(=O)n1CCC(=O)OCc1nnc(-c2ccc(Cl)cc2)o1. The Morgan fingerprint density at radius 1 is 1.32 bits per heavy atom. The zero-order chi connectivity index (χ0) is 17.8. The molecule has 0 N–H and O–H groups in total. The van der Waals surface area contributed by atoms with Gasteiger partial charge in [0.2, 0.25) is 5.89 Å². The number of hydrogen-bond acceptors (Lipinski definition) is 7. The van der Waals surface area contributed by atoms with Gasteiger partial charge in [-0.2, -0.15) is 0 Å². The van der Waals surface area contributed by atoms with Gasteiger partial charge in [-0.25, -0.2) is 0 Å². The molecule has 9 heteroatoms. The number of rotatable bonds is 6. The summed E-state index contributed by atoms with van der Waals surface area (Å²) in [6.07, 6.45) is 0.0929. The maximum absolute atomic E-state index is 11.8. The topological polar surface area (TPSA) is 87.2 Å². The van der Waals surface area contributed by atoms with Gasteiger partial charge in [0.25, 0.3) is 5.89 Å². The van der Waals surface area contributed by atoms with Gasteiger partial charge in [0, 0.05) is 28.2 Å². The van der Waals surface area contributed by atoms with Crippen LogP contribution in [0.1, 0.15) is 18.0 Å². The standard InChI is InChI=1S/C16H14ClN3O4S/c1-10-9-25-16(22)20(10)7-6-14(21)23-8-13-18-19-15(24-13)11-2-4-12(17)5-3-11/h2-5,9H,6-8H2,1H3. The lowest BCUT2D eigenvalue weighted by atomic mass is 10.2. The molecule has 1 aromatic carbocycles. The molecule has 2 aromatic heterocycles. The molecule has 0 aliphatic rings. The van der Waals surface area contributed by atoms with Crippen molar-refractivity contribution in [2.75, 3.05) is 0 Å². The predicted molar refractivity (Wildman–Crippen MR) is 92.5 cm³/mol. The second-order valence-electron chi connectivity index (χ2n) is 5.21. The number of carbonyl (C=O) groups is 1. The first kappa shape index (κ1) is 17.4. The van der Waals surface area contributed by atoms with E-state index in [0.717, 1.165) is 22.6 Å². The second-order valence-corrected chi connectivity index (χ2v) is 6.47. The highest BCUT2D eigenvalue weighted by molar-refractivity contribution is 7.07. The molecule has 7 nitrogen and oxygen atoms in total. The van der Waals surface area contributed by atoms with Crippen molar-refractivity contribution in [2.45, 2.75) is 26.5 Å². The van der Waals surface area contributed by atoms with Gasteiger partial charge in [-0.15, -0.1) is 10.2 Å². The summed E-state index contributed by atoms with van der Waals surface area (Å²) < 4.78 is 12.1. The van der Waals surface area contributed by atoms with Crippen molar-refractivity contribution < 1.29 is 13.9 Å². The van der Waals surface area contributed by atoms with Crippen molar-refractivity contribution >= 4 is 28.9 Å². The minimum Gasteiger partial charge on any atom is -0.456 e. The molecule has 0 amide bonds. The number of benzene rings is 1. The minimum atomic E-state index is -0.441. The highest BCUT2D eigenvalue weighted by atomic mass is 35.5. The number of aromatic nitrogens is 3. The third-order valence-corrected chi connectivity index (χ3v) is 4.56. The van der Waals surface area contributed by atoms with Gasteiger partial charge in [0.15, 0.2) is 6.61 Å². The Hall–Kier alpha value is -2.45. The Morgan fingerprint density at radius 3 is 2.76 bits per heavy atom. The van der Waals surface area contributed by atoms with Crippen LogP contribution in [0, 0.1) is 6.92 Å². The summed E-state index contributed by atoms with van der Waals surface area (Å²) in [5.74, 6) is 0.0779. The van der Waals surface area contributed by atoms with E-state index in [1.807, 2.05) is 6.92 Å². The molecule has 0 fully saturated rings. The van der Waals surface area contributed by atoms with E-state index in [1.54, 1.807) is 29.6 Å². The number of aryl methyl sites for hydroxylation is 1. The first-order chi connectivity index (χ1) is 12.0. The number of halogens is 1. The molecule has 2 heterocycles. The first-order valence-electron chi connectivity index (χ1n) is 7.42. The van der Waals surface area contributed by atoms with Crippen LogP contribution in [-0.4, -0.2) is 20.7 Å². The van der Waals surface area contributed by atoms with Crippen molar-refractivity contribution in [1.29, 1.82) is 0 Å². The summed E-state index contributed by atoms with van der Waals surface area (Å²) >= 11 is 6.94. The molecule has 0 saturated heterocycles. The number of esters is 1. The fourth-order valence-corrected chi connectivity index (χ4v) is 3.00. The Labute approximate surface area is 151 Å². The average Bonchev–Trinajstić information content (AvgIpc) is 3.19. The Morgan fingerprint density at radius 2 is 2.08 bits per heavy atom. The molecule has 0 radical (unpaired) electrons. The average molecular weight is 380 g/mol. The van der Waals surface area contributed by atoms with E-state index < -0.39 is 5.97 Å². The lowest BCUT2D eigenvalue weighted by Gasteiger charge is -2.04. The first-order valence-corrected chi connectivity index (χ1v) is 8.67. The molecule has 3 aromatic rings. The van der Waals surface area contributed by atoms with Crippen LogP contribution in [0.4, 0.5) is 0 Å². The monoisotopic (exact) mass is 379 g/mol. The summed E-state index contributed by atoms with van der Waals surface area (Å²) in [5, 5.41) is 10.1. The molecule has 0 aliphatic carbocycles. The van der Waals surface area contributed by atoms with Crippen molar-refractivity contribution in [3.05, 3.63) is 55.9 Å². The van der Waals surface area contributed by atoms with Crippen molar-refractivity contribution in [1.82, 2.24) is 14.8 Å². The van der Waals surface area contributed by atoms with Crippen LogP contribution in [0.5, 0.6) is 0 Å². The van der Waals surface area contributed by atoms with Gasteiger partial charge in [0.1, 0.15) is 0 Å². The van der Waals surface area contributed by atoms with Crippen LogP contribution in [0.15, 0.2) is 38.9 Å². The maximum Gasteiger partial charge on any atom is 0.308 e. The lowest BCUT2D eigenvalue weighted by Crippen LogP contribution is -2.17. The van der Waals surface area contributed by atoms with E-state index in [1.165, 1.54) is 4.57 Å². The molecule has 0 spiro atoms. The molecule has 130 valence electrons. The van der Waals surface area contributed by atoms with Gasteiger partial charge in [-0.1, -0.05) is 22.9 Å². The molecule has 0 saturated carbocycles. The second kappa shape index (κ2) is 7.62. The molecule has 0 unspecified atom stereocenters. The number of carbonyl (C=O) groups excluding carboxylic acids is 1. The van der Waals surface area contributed by atoms with E-state index in [-0.39, 0.29) is 30.3 Å². The van der Waals surface area contributed by atoms with Crippen molar-refractivity contribution in [2.24, 2.45) is 0 Å². The number of ether oxygens (including phenoxy) is 1. The molecule has 0 atom stereocenters. The van der Waals surface area contributed by atoms with Crippen molar-refractivity contribution in [3.63, 3.8) is 0 Å². The molecule has 0 bridgehead atoms. The number of hydrogen-bond donors (Lipinski definition) is 0. The van der Waals surface area contributed by atoms with Gasteiger partial charge < -0.3 is 13.7 Å². The highest BCUT2D eigenvalue weighted by Gasteiger charge is 2.12. The normalized spacial score (nSPS) is 10.8. The van der Waals surface area contributed by atoms with E-state index >= 15 is 0 Å². The summed E-state index contributed by atoms with van der Waals surface area (Å²) in [6.45, 7) is 1.99. The smallest absolute Gasteiger partial charge is 0.308 e. The van der Waals surface area contributed by atoms with Gasteiger partial charge >= 0.3 is 10.8 Å². The summed E-state index contributed by atoms with van der Waals surface area (Å²) in [4.78, 5) is 23.3. The van der Waals surface area contributed by atoms with Crippen molar-refractivity contribution in [3.8, 4) is 11.5 Å². The van der Waals surface area contributed by atoms with E-state index in [0.29, 0.717) is 10.9 Å². The highest BCUT2D eigenvalue weighted by Crippen LogP contribution is 2.20. The molecule has 25 heavy (non-hydrogen) atoms. The fourth-order valence-electron chi connectivity index (χ4n) is 2.11. The van der Waals surface area contributed by atoms with Crippen LogP contribution in [0.25, 0.3) is 11.5 Å². The van der Waals surface area contributed by atoms with Crippen LogP contribution in [0.2, 0.25) is 5.02 Å². The van der Waals surface area contributed by atoms with Gasteiger partial charge in [-0.3, -0.25) is 9.59 Å². The number of thiazole rings is 1. The predicted octanol–water partition coefficient (Wildman–Crippen LogP) is 3.06. The quantitative estimate of drug-likeness (QED) is 0.612. The van der Waals surface area contributed by atoms with Crippen LogP contribution in [-0.2, 0) is 22.7 Å². The summed E-state index contributed by atoms with van der Waals surface area (Å²) in [7, 11) is 0. The zero-order valence-electron chi connectivity index (χ0n) is 13.3. The molecular formula is C16H14ClN3O4S. The van der Waals surface area contributed by atoms with E-state index in [9.17, 15) is 9.59 Å². The Kier molecular flexibility index (Phi) is 5.30. The molecule has 3 rings (SSSR count). The van der Waals surface area contributed by atoms with Gasteiger partial charge in [-0.05, 0) is 31.2 Å². The van der Waals surface area contributed by atoms with Crippen LogP contribution >= 0.6 is 22.9 Å². The lowest BCUT2D eigenvalue weighted by molar-refractivity contribution is -0.145. The Bertz CT molecular complexity index is 930. The van der Waals surface area contributed by atoms with Crippen LogP contribution < -0.4 is 4.87 Å². The van der Waals surface area contributed by atoms with Crippen LogP contribution in [0.3, 0.4) is 0 Å². The largest absolute Gasteiger partial charge is 0.456 e. The molecular weight excluding hydrogens is 366 g/mol. The fraction of sp³-hybridized carbons (Fsp3) is 0.250. The third-order valence-electron chi connectivity index (χ3n) is 3.43. The summed E-state index contributed by atoms with van der Waals surface area (Å²) in [5.41, 5.74) is 1.55.